The van der Waals surface area contributed by atoms with Gasteiger partial charge in [-0.3, -0.25) is 4.68 Å². The molecule has 1 aliphatic carbocycles. The van der Waals surface area contributed by atoms with E-state index in [1.165, 1.54) is 18.4 Å². The van der Waals surface area contributed by atoms with Crippen LogP contribution in [0.4, 0.5) is 0 Å². The van der Waals surface area contributed by atoms with E-state index >= 15 is 0 Å². The maximum absolute atomic E-state index is 9.45. The second-order valence-corrected chi connectivity index (χ2v) is 5.29. The first-order valence-electron chi connectivity index (χ1n) is 6.02. The lowest BCUT2D eigenvalue weighted by Crippen LogP contribution is -2.28. The number of hydrogen-bond acceptors (Lipinski definition) is 2. The van der Waals surface area contributed by atoms with Gasteiger partial charge in [0.05, 0.1) is 17.7 Å². The molecule has 1 saturated carbocycles. The molecule has 1 fully saturated rings. The minimum Gasteiger partial charge on any atom is -0.276 e. The van der Waals surface area contributed by atoms with Gasteiger partial charge in [0.25, 0.3) is 0 Å². The van der Waals surface area contributed by atoms with Crippen molar-refractivity contribution in [2.24, 2.45) is 18.4 Å². The Labute approximate surface area is 97.1 Å². The number of nitrogens with zero attached hydrogens (tertiary/aromatic N) is 3. The fourth-order valence-corrected chi connectivity index (χ4v) is 2.92. The zero-order chi connectivity index (χ0) is 11.6. The van der Waals surface area contributed by atoms with Gasteiger partial charge >= 0.3 is 0 Å². The Morgan fingerprint density at radius 2 is 2.50 bits per heavy atom. The number of rotatable bonds is 2. The minimum atomic E-state index is -0.138. The van der Waals surface area contributed by atoms with E-state index in [0.29, 0.717) is 5.92 Å². The van der Waals surface area contributed by atoms with E-state index in [1.54, 1.807) is 0 Å². The SMILES string of the molecule is CC1CCCC(C#N)(Cc2cnn(C)c2)C1. The summed E-state index contributed by atoms with van der Waals surface area (Å²) >= 11 is 0. The molecule has 0 saturated heterocycles. The highest BCUT2D eigenvalue weighted by molar-refractivity contribution is 5.14. The highest BCUT2D eigenvalue weighted by Crippen LogP contribution is 2.41. The van der Waals surface area contributed by atoms with Gasteiger partial charge in [0.1, 0.15) is 0 Å². The average Bonchev–Trinajstić information content (AvgIpc) is 2.64. The first-order valence-corrected chi connectivity index (χ1v) is 6.02. The smallest absolute Gasteiger partial charge is 0.0693 e. The Kier molecular flexibility index (Phi) is 3.00. The van der Waals surface area contributed by atoms with Crippen LogP contribution in [0.5, 0.6) is 0 Å². The van der Waals surface area contributed by atoms with Crippen molar-refractivity contribution in [1.29, 1.82) is 5.26 Å². The third-order valence-electron chi connectivity index (χ3n) is 3.63. The molecule has 2 atom stereocenters. The van der Waals surface area contributed by atoms with Crippen LogP contribution in [0.15, 0.2) is 12.4 Å². The summed E-state index contributed by atoms with van der Waals surface area (Å²) in [6.45, 7) is 2.26. The predicted octanol–water partition coefficient (Wildman–Crippen LogP) is 2.68. The molecule has 86 valence electrons. The summed E-state index contributed by atoms with van der Waals surface area (Å²) in [6.07, 6.45) is 9.32. The monoisotopic (exact) mass is 217 g/mol. The maximum Gasteiger partial charge on any atom is 0.0693 e. The number of nitriles is 1. The normalized spacial score (nSPS) is 29.9. The van der Waals surface area contributed by atoms with Gasteiger partial charge in [-0.25, -0.2) is 0 Å². The summed E-state index contributed by atoms with van der Waals surface area (Å²) in [4.78, 5) is 0. The van der Waals surface area contributed by atoms with Crippen LogP contribution in [-0.4, -0.2) is 9.78 Å². The van der Waals surface area contributed by atoms with E-state index in [4.69, 9.17) is 0 Å². The molecule has 3 heteroatoms. The summed E-state index contributed by atoms with van der Waals surface area (Å²) in [5.41, 5.74) is 1.05. The molecule has 0 amide bonds. The van der Waals surface area contributed by atoms with Crippen LogP contribution >= 0.6 is 0 Å². The molecule has 2 unspecified atom stereocenters. The number of aryl methyl sites for hydroxylation is 1. The van der Waals surface area contributed by atoms with Crippen LogP contribution in [0.2, 0.25) is 0 Å². The second-order valence-electron chi connectivity index (χ2n) is 5.29. The first kappa shape index (κ1) is 11.2. The standard InChI is InChI=1S/C13H19N3/c1-11-4-3-5-13(6-11,10-14)7-12-8-15-16(2)9-12/h8-9,11H,3-7H2,1-2H3. The molecule has 1 heterocycles. The van der Waals surface area contributed by atoms with E-state index in [9.17, 15) is 5.26 Å². The summed E-state index contributed by atoms with van der Waals surface area (Å²) in [6, 6.07) is 2.57. The Balaban J connectivity index is 2.13. The maximum atomic E-state index is 9.45. The van der Waals surface area contributed by atoms with E-state index in [1.807, 2.05) is 24.1 Å². The Morgan fingerprint density at radius 3 is 3.06 bits per heavy atom. The van der Waals surface area contributed by atoms with Crippen molar-refractivity contribution in [1.82, 2.24) is 9.78 Å². The third kappa shape index (κ3) is 2.27. The number of hydrogen-bond donors (Lipinski definition) is 0. The number of aromatic nitrogens is 2. The Hall–Kier alpha value is -1.30. The molecule has 2 rings (SSSR count). The van der Waals surface area contributed by atoms with Crippen molar-refractivity contribution in [3.8, 4) is 6.07 Å². The molecule has 0 N–H and O–H groups in total. The molecule has 1 aromatic rings. The minimum absolute atomic E-state index is 0.138. The van der Waals surface area contributed by atoms with Gasteiger partial charge in [0.15, 0.2) is 0 Å². The molecule has 1 aromatic heterocycles. The van der Waals surface area contributed by atoms with E-state index in [0.717, 1.165) is 19.3 Å². The van der Waals surface area contributed by atoms with Crippen molar-refractivity contribution in [3.63, 3.8) is 0 Å². The fraction of sp³-hybridized carbons (Fsp3) is 0.692. The summed E-state index contributed by atoms with van der Waals surface area (Å²) in [5, 5.41) is 13.6. The largest absolute Gasteiger partial charge is 0.276 e. The van der Waals surface area contributed by atoms with Gasteiger partial charge in [-0.2, -0.15) is 10.4 Å². The zero-order valence-corrected chi connectivity index (χ0v) is 10.1. The third-order valence-corrected chi connectivity index (χ3v) is 3.63. The molecule has 0 radical (unpaired) electrons. The van der Waals surface area contributed by atoms with Gasteiger partial charge in [0, 0.05) is 13.2 Å². The topological polar surface area (TPSA) is 41.6 Å². The Morgan fingerprint density at radius 1 is 1.69 bits per heavy atom. The van der Waals surface area contributed by atoms with Crippen molar-refractivity contribution >= 4 is 0 Å². The first-order chi connectivity index (χ1) is 7.63. The van der Waals surface area contributed by atoms with Gasteiger partial charge < -0.3 is 0 Å². The highest BCUT2D eigenvalue weighted by Gasteiger charge is 2.35. The van der Waals surface area contributed by atoms with Crippen LogP contribution in [0.3, 0.4) is 0 Å². The lowest BCUT2D eigenvalue weighted by atomic mass is 9.68. The van der Waals surface area contributed by atoms with Crippen molar-refractivity contribution in [3.05, 3.63) is 18.0 Å². The molecule has 1 aliphatic rings. The second kappa shape index (κ2) is 4.29. The molecule has 0 bridgehead atoms. The van der Waals surface area contributed by atoms with Crippen molar-refractivity contribution in [2.45, 2.75) is 39.0 Å². The summed E-state index contributed by atoms with van der Waals surface area (Å²) < 4.78 is 1.81. The van der Waals surface area contributed by atoms with Gasteiger partial charge in [-0.1, -0.05) is 19.8 Å². The van der Waals surface area contributed by atoms with Crippen LogP contribution in [0.1, 0.15) is 38.2 Å². The molecule has 16 heavy (non-hydrogen) atoms. The van der Waals surface area contributed by atoms with Gasteiger partial charge in [-0.05, 0) is 30.7 Å². The van der Waals surface area contributed by atoms with Crippen LogP contribution < -0.4 is 0 Å². The summed E-state index contributed by atoms with van der Waals surface area (Å²) in [7, 11) is 1.92. The predicted molar refractivity (Wildman–Crippen MR) is 62.6 cm³/mol. The lowest BCUT2D eigenvalue weighted by molar-refractivity contribution is 0.209. The zero-order valence-electron chi connectivity index (χ0n) is 10.1. The van der Waals surface area contributed by atoms with Crippen LogP contribution in [-0.2, 0) is 13.5 Å². The van der Waals surface area contributed by atoms with E-state index < -0.39 is 0 Å². The molecular weight excluding hydrogens is 198 g/mol. The quantitative estimate of drug-likeness (QED) is 0.764. The lowest BCUT2D eigenvalue weighted by Gasteiger charge is -2.34. The van der Waals surface area contributed by atoms with Gasteiger partial charge in [-0.15, -0.1) is 0 Å². The van der Waals surface area contributed by atoms with E-state index in [-0.39, 0.29) is 5.41 Å². The van der Waals surface area contributed by atoms with Crippen molar-refractivity contribution < 1.29 is 0 Å². The molecule has 0 aliphatic heterocycles. The molecule has 0 spiro atoms. The van der Waals surface area contributed by atoms with Crippen LogP contribution in [0.25, 0.3) is 0 Å². The highest BCUT2D eigenvalue weighted by atomic mass is 15.2. The molecular formula is C13H19N3. The Bertz CT molecular complexity index is 402. The van der Waals surface area contributed by atoms with Crippen molar-refractivity contribution in [2.75, 3.05) is 0 Å². The van der Waals surface area contributed by atoms with Gasteiger partial charge in [0.2, 0.25) is 0 Å². The fourth-order valence-electron chi connectivity index (χ4n) is 2.92. The molecule has 3 nitrogen and oxygen atoms in total. The van der Waals surface area contributed by atoms with E-state index in [2.05, 4.69) is 18.1 Å². The molecule has 0 aromatic carbocycles. The average molecular weight is 217 g/mol. The summed E-state index contributed by atoms with van der Waals surface area (Å²) in [5.74, 6) is 0.685. The van der Waals surface area contributed by atoms with Crippen LogP contribution in [0, 0.1) is 22.7 Å².